The van der Waals surface area contributed by atoms with Crippen LogP contribution < -0.4 is 0 Å². The molecule has 0 amide bonds. The number of phosphoric ester groups is 1. The fourth-order valence-electron chi connectivity index (χ4n) is 5.19. The maximum absolute atomic E-state index is 12.6. The van der Waals surface area contributed by atoms with Crippen molar-refractivity contribution in [2.75, 3.05) is 26.4 Å². The van der Waals surface area contributed by atoms with E-state index in [1.807, 2.05) is 19.1 Å². The Morgan fingerprint density at radius 1 is 0.569 bits per heavy atom. The molecule has 0 spiro atoms. The minimum Gasteiger partial charge on any atom is -0.462 e. The minimum absolute atomic E-state index is 0.0865. The summed E-state index contributed by atoms with van der Waals surface area (Å²) in [7, 11) is -4.65. The summed E-state index contributed by atoms with van der Waals surface area (Å²) in [4.78, 5) is 35.0. The van der Waals surface area contributed by atoms with Gasteiger partial charge in [-0.15, -0.1) is 0 Å². The number of esters is 2. The van der Waals surface area contributed by atoms with E-state index in [9.17, 15) is 29.3 Å². The van der Waals surface area contributed by atoms with Crippen molar-refractivity contribution in [3.63, 3.8) is 0 Å². The number of aliphatic hydroxyl groups is 3. The van der Waals surface area contributed by atoms with Crippen molar-refractivity contribution in [2.24, 2.45) is 0 Å². The molecule has 0 radical (unpaired) electrons. The van der Waals surface area contributed by atoms with Crippen LogP contribution in [0, 0.1) is 0 Å². The molecule has 0 saturated carbocycles. The lowest BCUT2D eigenvalue weighted by molar-refractivity contribution is -0.161. The summed E-state index contributed by atoms with van der Waals surface area (Å²) >= 11 is 0. The van der Waals surface area contributed by atoms with Crippen LogP contribution in [0.5, 0.6) is 0 Å². The predicted octanol–water partition coefficient (Wildman–Crippen LogP) is 10.4. The first kappa shape index (κ1) is 55.1. The number of rotatable bonds is 39. The Hall–Kier alpha value is -2.89. The lowest BCUT2D eigenvalue weighted by Crippen LogP contribution is -2.29. The van der Waals surface area contributed by atoms with Crippen molar-refractivity contribution in [1.29, 1.82) is 0 Å². The summed E-state index contributed by atoms with van der Waals surface area (Å²) in [5, 5.41) is 27.6. The summed E-state index contributed by atoms with van der Waals surface area (Å²) in [5.41, 5.74) is 0. The van der Waals surface area contributed by atoms with E-state index in [0.29, 0.717) is 19.3 Å². The van der Waals surface area contributed by atoms with E-state index in [4.69, 9.17) is 19.1 Å². The third kappa shape index (κ3) is 41.3. The SMILES string of the molecule is CCCCC/C=C\C/C=C\C/C=C\CCCCCCC(=O)OC[C@H](COP(=O)(O)OC[C@@H](O)CO)OC(=O)CCC/C=C\C/C=C\C/C=C\C/C=C\CCC[C@H](C)O. The number of carbonyl (C=O) groups is 2. The molecular weight excluding hydrogens is 759 g/mol. The van der Waals surface area contributed by atoms with Gasteiger partial charge in [-0.25, -0.2) is 4.57 Å². The van der Waals surface area contributed by atoms with Crippen LogP contribution in [0.1, 0.15) is 149 Å². The molecule has 12 heteroatoms. The number of aliphatic hydroxyl groups excluding tert-OH is 3. The first-order valence-electron chi connectivity index (χ1n) is 21.6. The van der Waals surface area contributed by atoms with Crippen molar-refractivity contribution in [3.05, 3.63) is 85.1 Å². The molecule has 0 aromatic rings. The third-order valence-electron chi connectivity index (χ3n) is 8.54. The summed E-state index contributed by atoms with van der Waals surface area (Å²) in [5.74, 6) is -1.04. The van der Waals surface area contributed by atoms with Gasteiger partial charge in [0.15, 0.2) is 6.10 Å². The quantitative estimate of drug-likeness (QED) is 0.0201. The number of unbranched alkanes of at least 4 members (excludes halogenated alkanes) is 9. The zero-order valence-corrected chi connectivity index (χ0v) is 36.5. The molecular formula is C46H77O11P. The second kappa shape index (κ2) is 40.9. The number of allylic oxidation sites excluding steroid dienone is 14. The molecule has 332 valence electrons. The molecule has 0 aromatic heterocycles. The normalized spacial score (nSPS) is 15.2. The maximum Gasteiger partial charge on any atom is 0.472 e. The standard InChI is InChI=1S/C46H77O11P/c1-3-4-5-6-7-8-9-10-11-12-15-18-21-24-27-30-33-36-45(50)54-40-44(41-56-58(52,53)55-39-43(49)38-47)57-46(51)37-34-31-28-25-22-19-16-13-14-17-20-23-26-29-32-35-42(2)48/h7-8,10-11,14-19,23,25-26,28,42-44,47-49H,3-6,9,12-13,20-22,24,27,29-41H2,1-2H3,(H,52,53)/b8-7-,11-10-,17-14-,18-15-,19-16-,26-23-,28-25-/t42-,43-,44+/m0/s1. The molecule has 0 bridgehead atoms. The molecule has 0 aliphatic carbocycles. The van der Waals surface area contributed by atoms with Crippen LogP contribution in [0.4, 0.5) is 0 Å². The van der Waals surface area contributed by atoms with Crippen molar-refractivity contribution in [2.45, 2.75) is 167 Å². The van der Waals surface area contributed by atoms with Gasteiger partial charge in [-0.1, -0.05) is 118 Å². The Bertz CT molecular complexity index is 1250. The highest BCUT2D eigenvalue weighted by Crippen LogP contribution is 2.43. The molecule has 4 atom stereocenters. The number of carbonyl (C=O) groups excluding carboxylic acids is 2. The highest BCUT2D eigenvalue weighted by molar-refractivity contribution is 7.47. The van der Waals surface area contributed by atoms with E-state index in [1.54, 1.807) is 0 Å². The first-order chi connectivity index (χ1) is 28.1. The summed E-state index contributed by atoms with van der Waals surface area (Å²) < 4.78 is 32.6. The van der Waals surface area contributed by atoms with Gasteiger partial charge in [0.1, 0.15) is 12.7 Å². The van der Waals surface area contributed by atoms with E-state index < -0.39 is 51.8 Å². The summed E-state index contributed by atoms with van der Waals surface area (Å²) in [6.07, 6.45) is 45.4. The number of hydrogen-bond acceptors (Lipinski definition) is 10. The molecule has 4 N–H and O–H groups in total. The Morgan fingerprint density at radius 3 is 1.53 bits per heavy atom. The van der Waals surface area contributed by atoms with E-state index in [0.717, 1.165) is 83.5 Å². The van der Waals surface area contributed by atoms with Crippen molar-refractivity contribution in [3.8, 4) is 0 Å². The Morgan fingerprint density at radius 2 is 1.02 bits per heavy atom. The fraction of sp³-hybridized carbons (Fsp3) is 0.652. The Balaban J connectivity index is 4.46. The number of ether oxygens (including phenoxy) is 2. The second-order valence-electron chi connectivity index (χ2n) is 14.3. The molecule has 0 aliphatic rings. The largest absolute Gasteiger partial charge is 0.472 e. The van der Waals surface area contributed by atoms with Crippen molar-refractivity contribution in [1.82, 2.24) is 0 Å². The highest BCUT2D eigenvalue weighted by atomic mass is 31.2. The Kier molecular flexibility index (Phi) is 38.8. The highest BCUT2D eigenvalue weighted by Gasteiger charge is 2.27. The second-order valence-corrected chi connectivity index (χ2v) is 15.7. The van der Waals surface area contributed by atoms with Crippen LogP contribution >= 0.6 is 7.82 Å². The van der Waals surface area contributed by atoms with Crippen LogP contribution in [0.3, 0.4) is 0 Å². The summed E-state index contributed by atoms with van der Waals surface area (Å²) in [6, 6.07) is 0. The molecule has 0 aliphatic heterocycles. The van der Waals surface area contributed by atoms with Gasteiger partial charge in [-0.3, -0.25) is 18.6 Å². The van der Waals surface area contributed by atoms with Crippen molar-refractivity contribution >= 4 is 19.8 Å². The van der Waals surface area contributed by atoms with Crippen molar-refractivity contribution < 1.29 is 52.9 Å². The topological polar surface area (TPSA) is 169 Å². The van der Waals surface area contributed by atoms with Gasteiger partial charge in [0, 0.05) is 12.8 Å². The molecule has 0 fully saturated rings. The van der Waals surface area contributed by atoms with Crippen LogP contribution in [0.2, 0.25) is 0 Å². The predicted molar refractivity (Wildman–Crippen MR) is 234 cm³/mol. The van der Waals surface area contributed by atoms with Crippen LogP contribution in [0.15, 0.2) is 85.1 Å². The zero-order chi connectivity index (χ0) is 42.8. The van der Waals surface area contributed by atoms with Gasteiger partial charge < -0.3 is 29.7 Å². The minimum atomic E-state index is -4.65. The average molecular weight is 837 g/mol. The molecule has 0 heterocycles. The molecule has 58 heavy (non-hydrogen) atoms. The fourth-order valence-corrected chi connectivity index (χ4v) is 5.98. The van der Waals surface area contributed by atoms with Gasteiger partial charge in [-0.2, -0.15) is 0 Å². The number of hydrogen-bond donors (Lipinski definition) is 4. The lowest BCUT2D eigenvalue weighted by atomic mass is 10.1. The summed E-state index contributed by atoms with van der Waals surface area (Å²) in [6.45, 7) is 1.78. The van der Waals surface area contributed by atoms with Gasteiger partial charge in [0.2, 0.25) is 0 Å². The smallest absolute Gasteiger partial charge is 0.462 e. The van der Waals surface area contributed by atoms with E-state index in [2.05, 4.69) is 84.4 Å². The lowest BCUT2D eigenvalue weighted by Gasteiger charge is -2.20. The van der Waals surface area contributed by atoms with Crippen LogP contribution in [0.25, 0.3) is 0 Å². The van der Waals surface area contributed by atoms with Gasteiger partial charge in [0.05, 0.1) is 25.9 Å². The van der Waals surface area contributed by atoms with Gasteiger partial charge in [-0.05, 0) is 103 Å². The average Bonchev–Trinajstić information content (AvgIpc) is 3.20. The Labute approximate surface area is 350 Å². The van der Waals surface area contributed by atoms with E-state index >= 15 is 0 Å². The molecule has 0 saturated heterocycles. The van der Waals surface area contributed by atoms with Crippen LogP contribution in [-0.4, -0.2) is 76.9 Å². The zero-order valence-electron chi connectivity index (χ0n) is 35.6. The number of phosphoric acid groups is 1. The first-order valence-corrected chi connectivity index (χ1v) is 23.1. The van der Waals surface area contributed by atoms with E-state index in [1.165, 1.54) is 19.3 Å². The molecule has 0 rings (SSSR count). The monoisotopic (exact) mass is 837 g/mol. The van der Waals surface area contributed by atoms with Crippen LogP contribution in [-0.2, 0) is 32.7 Å². The maximum atomic E-state index is 12.6. The van der Waals surface area contributed by atoms with E-state index in [-0.39, 0.29) is 25.6 Å². The van der Waals surface area contributed by atoms with Gasteiger partial charge >= 0.3 is 19.8 Å². The third-order valence-corrected chi connectivity index (χ3v) is 9.49. The van der Waals surface area contributed by atoms with Gasteiger partial charge in [0.25, 0.3) is 0 Å². The molecule has 0 aromatic carbocycles. The molecule has 1 unspecified atom stereocenters. The molecule has 11 nitrogen and oxygen atoms in total.